The topological polar surface area (TPSA) is 55.9 Å². The second-order valence-electron chi connectivity index (χ2n) is 4.89. The lowest BCUT2D eigenvalue weighted by atomic mass is 9.97. The molecule has 1 aromatic heterocycles. The SMILES string of the molecule is Cc1cc(F)ccc1C(Cc1c(Cl)c(C)nn1C)NN. The summed E-state index contributed by atoms with van der Waals surface area (Å²) in [5.74, 6) is 5.40. The first-order chi connectivity index (χ1) is 9.43. The number of rotatable bonds is 4. The van der Waals surface area contributed by atoms with E-state index in [9.17, 15) is 4.39 Å². The van der Waals surface area contributed by atoms with Gasteiger partial charge in [-0.2, -0.15) is 5.10 Å². The molecule has 0 saturated heterocycles. The lowest BCUT2D eigenvalue weighted by Crippen LogP contribution is -2.30. The molecule has 0 fully saturated rings. The predicted octanol–water partition coefficient (Wildman–Crippen LogP) is 2.58. The second-order valence-corrected chi connectivity index (χ2v) is 5.27. The highest BCUT2D eigenvalue weighted by molar-refractivity contribution is 6.31. The van der Waals surface area contributed by atoms with Gasteiger partial charge in [0.15, 0.2) is 0 Å². The lowest BCUT2D eigenvalue weighted by molar-refractivity contribution is 0.526. The molecular formula is C14H18ClFN4. The highest BCUT2D eigenvalue weighted by Gasteiger charge is 2.19. The minimum absolute atomic E-state index is 0.150. The Bertz CT molecular complexity index is 624. The third-order valence-corrected chi connectivity index (χ3v) is 3.96. The van der Waals surface area contributed by atoms with Gasteiger partial charge < -0.3 is 0 Å². The molecule has 2 aromatic rings. The van der Waals surface area contributed by atoms with Crippen LogP contribution in [0.25, 0.3) is 0 Å². The number of hydrogen-bond donors (Lipinski definition) is 2. The maximum Gasteiger partial charge on any atom is 0.123 e. The van der Waals surface area contributed by atoms with E-state index in [4.69, 9.17) is 17.4 Å². The van der Waals surface area contributed by atoms with Crippen LogP contribution in [0.5, 0.6) is 0 Å². The Hall–Kier alpha value is -1.43. The van der Waals surface area contributed by atoms with E-state index in [0.29, 0.717) is 11.4 Å². The number of hydrazine groups is 1. The third kappa shape index (κ3) is 2.85. The van der Waals surface area contributed by atoms with Crippen LogP contribution in [-0.2, 0) is 13.5 Å². The molecule has 0 saturated carbocycles. The van der Waals surface area contributed by atoms with E-state index in [1.54, 1.807) is 10.7 Å². The van der Waals surface area contributed by atoms with Crippen molar-refractivity contribution in [2.75, 3.05) is 0 Å². The zero-order valence-corrected chi connectivity index (χ0v) is 12.5. The number of halogens is 2. The minimum atomic E-state index is -0.253. The average Bonchev–Trinajstić information content (AvgIpc) is 2.62. The van der Waals surface area contributed by atoms with Gasteiger partial charge in [-0.05, 0) is 37.1 Å². The van der Waals surface area contributed by atoms with Gasteiger partial charge in [0.25, 0.3) is 0 Å². The van der Waals surface area contributed by atoms with Crippen molar-refractivity contribution in [3.8, 4) is 0 Å². The first-order valence-electron chi connectivity index (χ1n) is 6.34. The maximum absolute atomic E-state index is 13.2. The number of benzene rings is 1. The smallest absolute Gasteiger partial charge is 0.123 e. The Labute approximate surface area is 122 Å². The second kappa shape index (κ2) is 5.91. The van der Waals surface area contributed by atoms with Gasteiger partial charge >= 0.3 is 0 Å². The fourth-order valence-electron chi connectivity index (χ4n) is 2.38. The Kier molecular flexibility index (Phi) is 4.42. The summed E-state index contributed by atoms with van der Waals surface area (Å²) in [4.78, 5) is 0. The molecule has 1 aromatic carbocycles. The fraction of sp³-hybridized carbons (Fsp3) is 0.357. The van der Waals surface area contributed by atoms with Gasteiger partial charge in [0, 0.05) is 13.5 Å². The van der Waals surface area contributed by atoms with Gasteiger partial charge in [-0.3, -0.25) is 16.0 Å². The molecule has 6 heteroatoms. The largest absolute Gasteiger partial charge is 0.271 e. The first-order valence-corrected chi connectivity index (χ1v) is 6.72. The van der Waals surface area contributed by atoms with Gasteiger partial charge in [0.2, 0.25) is 0 Å². The van der Waals surface area contributed by atoms with Crippen molar-refractivity contribution in [3.63, 3.8) is 0 Å². The number of hydrogen-bond acceptors (Lipinski definition) is 3. The zero-order chi connectivity index (χ0) is 14.9. The third-order valence-electron chi connectivity index (χ3n) is 3.47. The fourth-order valence-corrected chi connectivity index (χ4v) is 2.62. The van der Waals surface area contributed by atoms with Gasteiger partial charge in [-0.1, -0.05) is 17.7 Å². The van der Waals surface area contributed by atoms with Crippen LogP contribution >= 0.6 is 11.6 Å². The molecule has 2 rings (SSSR count). The summed E-state index contributed by atoms with van der Waals surface area (Å²) in [7, 11) is 1.85. The van der Waals surface area contributed by atoms with Crippen molar-refractivity contribution in [1.29, 1.82) is 0 Å². The molecule has 0 radical (unpaired) electrons. The van der Waals surface area contributed by atoms with Crippen LogP contribution < -0.4 is 11.3 Å². The molecule has 1 atom stereocenters. The van der Waals surface area contributed by atoms with Gasteiger partial charge in [0.1, 0.15) is 5.82 Å². The molecule has 0 bridgehead atoms. The van der Waals surface area contributed by atoms with Crippen LogP contribution in [-0.4, -0.2) is 9.78 Å². The Morgan fingerprint density at radius 3 is 2.65 bits per heavy atom. The molecule has 0 aliphatic carbocycles. The van der Waals surface area contributed by atoms with E-state index < -0.39 is 0 Å². The standard InChI is InChI=1S/C14H18ClFN4/c1-8-6-10(16)4-5-11(8)12(18-17)7-13-14(15)9(2)19-20(13)3/h4-6,12,18H,7,17H2,1-3H3. The summed E-state index contributed by atoms with van der Waals surface area (Å²) in [6, 6.07) is 4.52. The number of aryl methyl sites for hydroxylation is 3. The van der Waals surface area contributed by atoms with Gasteiger partial charge in [-0.25, -0.2) is 4.39 Å². The molecule has 0 aliphatic heterocycles. The van der Waals surface area contributed by atoms with Crippen LogP contribution in [0.3, 0.4) is 0 Å². The van der Waals surface area contributed by atoms with Crippen LogP contribution in [0.15, 0.2) is 18.2 Å². The molecule has 0 amide bonds. The van der Waals surface area contributed by atoms with E-state index in [1.807, 2.05) is 20.9 Å². The number of aromatic nitrogens is 2. The monoisotopic (exact) mass is 296 g/mol. The van der Waals surface area contributed by atoms with Crippen LogP contribution in [0.2, 0.25) is 5.02 Å². The Morgan fingerprint density at radius 1 is 1.45 bits per heavy atom. The van der Waals surface area contributed by atoms with Crippen molar-refractivity contribution in [2.45, 2.75) is 26.3 Å². The van der Waals surface area contributed by atoms with Gasteiger partial charge in [-0.15, -0.1) is 0 Å². The first kappa shape index (κ1) is 15.0. The van der Waals surface area contributed by atoms with E-state index in [2.05, 4.69) is 10.5 Å². The van der Waals surface area contributed by atoms with Crippen LogP contribution in [0.1, 0.15) is 28.6 Å². The number of nitrogens with one attached hydrogen (secondary N) is 1. The van der Waals surface area contributed by atoms with E-state index >= 15 is 0 Å². The van der Waals surface area contributed by atoms with Crippen molar-refractivity contribution in [3.05, 3.63) is 51.6 Å². The summed E-state index contributed by atoms with van der Waals surface area (Å²) >= 11 is 6.26. The average molecular weight is 297 g/mol. The zero-order valence-electron chi connectivity index (χ0n) is 11.7. The van der Waals surface area contributed by atoms with E-state index in [0.717, 1.165) is 22.5 Å². The highest BCUT2D eigenvalue weighted by Crippen LogP contribution is 2.27. The Balaban J connectivity index is 2.33. The van der Waals surface area contributed by atoms with Crippen LogP contribution in [0.4, 0.5) is 4.39 Å². The summed E-state index contributed by atoms with van der Waals surface area (Å²) in [5.41, 5.74) is 6.25. The summed E-state index contributed by atoms with van der Waals surface area (Å²) < 4.78 is 14.9. The summed E-state index contributed by atoms with van der Waals surface area (Å²) in [6.07, 6.45) is 0.582. The molecule has 4 nitrogen and oxygen atoms in total. The summed E-state index contributed by atoms with van der Waals surface area (Å²) in [6.45, 7) is 3.72. The van der Waals surface area contributed by atoms with Crippen molar-refractivity contribution < 1.29 is 4.39 Å². The maximum atomic E-state index is 13.2. The Morgan fingerprint density at radius 2 is 2.15 bits per heavy atom. The van der Waals surface area contributed by atoms with E-state index in [-0.39, 0.29) is 11.9 Å². The molecular weight excluding hydrogens is 279 g/mol. The van der Waals surface area contributed by atoms with Crippen molar-refractivity contribution in [1.82, 2.24) is 15.2 Å². The normalized spacial score (nSPS) is 12.7. The minimum Gasteiger partial charge on any atom is -0.271 e. The molecule has 1 heterocycles. The van der Waals surface area contributed by atoms with E-state index in [1.165, 1.54) is 12.1 Å². The number of nitrogens with zero attached hydrogens (tertiary/aromatic N) is 2. The predicted molar refractivity (Wildman–Crippen MR) is 77.9 cm³/mol. The molecule has 108 valence electrons. The van der Waals surface area contributed by atoms with Gasteiger partial charge in [0.05, 0.1) is 22.5 Å². The molecule has 20 heavy (non-hydrogen) atoms. The number of nitrogens with two attached hydrogens (primary N) is 1. The highest BCUT2D eigenvalue weighted by atomic mass is 35.5. The molecule has 1 unspecified atom stereocenters. The summed E-state index contributed by atoms with van der Waals surface area (Å²) in [5, 5.41) is 4.93. The lowest BCUT2D eigenvalue weighted by Gasteiger charge is -2.19. The molecule has 0 spiro atoms. The van der Waals surface area contributed by atoms with Crippen molar-refractivity contribution >= 4 is 11.6 Å². The molecule has 0 aliphatic rings. The quantitative estimate of drug-likeness (QED) is 0.673. The van der Waals surface area contributed by atoms with Crippen LogP contribution in [0, 0.1) is 19.7 Å². The van der Waals surface area contributed by atoms with Crippen molar-refractivity contribution in [2.24, 2.45) is 12.9 Å². The molecule has 3 N–H and O–H groups in total.